The van der Waals surface area contributed by atoms with E-state index in [9.17, 15) is 9.59 Å². The number of phenols is 1. The van der Waals surface area contributed by atoms with Gasteiger partial charge in [-0.1, -0.05) is 12.1 Å². The molecule has 0 aliphatic carbocycles. The monoisotopic (exact) mass is 208 g/mol. The van der Waals surface area contributed by atoms with Gasteiger partial charge in [0, 0.05) is 0 Å². The third-order valence-corrected chi connectivity index (χ3v) is 1.84. The zero-order valence-corrected chi connectivity index (χ0v) is 7.84. The highest BCUT2D eigenvalue weighted by Crippen LogP contribution is 2.10. The Bertz CT molecular complexity index is 347. The molecule has 0 heterocycles. The average molecular weight is 208 g/mol. The topological polar surface area (TPSA) is 89.6 Å². The largest absolute Gasteiger partial charge is 0.508 e. The van der Waals surface area contributed by atoms with Crippen LogP contribution in [0.4, 0.5) is 0 Å². The van der Waals surface area contributed by atoms with Crippen LogP contribution in [0.25, 0.3) is 0 Å². The van der Waals surface area contributed by atoms with Crippen LogP contribution >= 0.6 is 0 Å². The molecular weight excluding hydrogens is 198 g/mol. The number of nitrogens with two attached hydrogens (primary N) is 1. The second-order valence-corrected chi connectivity index (χ2v) is 2.98. The highest BCUT2D eigenvalue weighted by molar-refractivity contribution is 5.81. The quantitative estimate of drug-likeness (QED) is 0.531. The number of phenolic OH excluding ortho intramolecular Hbond substituents is 1. The first kappa shape index (κ1) is 11.2. The van der Waals surface area contributed by atoms with E-state index in [1.165, 1.54) is 12.1 Å². The van der Waals surface area contributed by atoms with Gasteiger partial charge in [-0.3, -0.25) is 0 Å². The fourth-order valence-corrected chi connectivity index (χ4v) is 1.09. The minimum absolute atomic E-state index is 0.135. The van der Waals surface area contributed by atoms with Crippen LogP contribution in [0, 0.1) is 0 Å². The molecule has 0 aromatic heterocycles. The third-order valence-electron chi connectivity index (χ3n) is 1.84. The van der Waals surface area contributed by atoms with E-state index in [0.717, 1.165) is 12.0 Å². The van der Waals surface area contributed by atoms with Crippen LogP contribution in [-0.4, -0.2) is 23.6 Å². The first-order valence-corrected chi connectivity index (χ1v) is 4.25. The lowest BCUT2D eigenvalue weighted by molar-refractivity contribution is -0.137. The lowest BCUT2D eigenvalue weighted by atomic mass is 10.1. The predicted octanol–water partition coefficient (Wildman–Crippen LogP) is -0.128. The van der Waals surface area contributed by atoms with E-state index in [0.29, 0.717) is 0 Å². The Kier molecular flexibility index (Phi) is 3.82. The van der Waals surface area contributed by atoms with Gasteiger partial charge in [0.25, 0.3) is 0 Å². The van der Waals surface area contributed by atoms with Crippen molar-refractivity contribution in [1.82, 2.24) is 0 Å². The summed E-state index contributed by atoms with van der Waals surface area (Å²) < 4.78 is 3.98. The molecule has 3 N–H and O–H groups in total. The van der Waals surface area contributed by atoms with Crippen LogP contribution in [0.2, 0.25) is 0 Å². The van der Waals surface area contributed by atoms with Crippen molar-refractivity contribution in [2.45, 2.75) is 12.5 Å². The summed E-state index contributed by atoms with van der Waals surface area (Å²) in [5.41, 5.74) is 6.22. The molecule has 1 aromatic carbocycles. The summed E-state index contributed by atoms with van der Waals surface area (Å²) in [6, 6.07) is 5.33. The summed E-state index contributed by atoms with van der Waals surface area (Å²) in [5.74, 6) is -0.686. The molecule has 1 radical (unpaired) electrons. The molecular formula is C10H10NO4. The number of ether oxygens (including phenoxy) is 1. The van der Waals surface area contributed by atoms with Crippen LogP contribution in [0.5, 0.6) is 5.75 Å². The summed E-state index contributed by atoms with van der Waals surface area (Å²) in [6.45, 7) is 1.02. The molecule has 0 fully saturated rings. The minimum atomic E-state index is -0.906. The number of carbonyl (C=O) groups is 1. The maximum atomic E-state index is 11.0. The molecule has 0 spiro atoms. The van der Waals surface area contributed by atoms with Gasteiger partial charge in [0.2, 0.25) is 0 Å². The molecule has 0 saturated heterocycles. The van der Waals surface area contributed by atoms with E-state index in [2.05, 4.69) is 4.74 Å². The Balaban J connectivity index is 2.57. The van der Waals surface area contributed by atoms with E-state index in [-0.39, 0.29) is 12.2 Å². The first-order chi connectivity index (χ1) is 7.13. The van der Waals surface area contributed by atoms with Gasteiger partial charge in [-0.05, 0) is 24.1 Å². The molecule has 1 rings (SSSR count). The van der Waals surface area contributed by atoms with Crippen LogP contribution in [0.1, 0.15) is 5.56 Å². The Hall–Kier alpha value is -1.88. The highest BCUT2D eigenvalue weighted by atomic mass is 16.6. The summed E-state index contributed by atoms with van der Waals surface area (Å²) in [4.78, 5) is 20.7. The summed E-state index contributed by atoms with van der Waals surface area (Å²) in [7, 11) is 0. The van der Waals surface area contributed by atoms with E-state index in [4.69, 9.17) is 10.8 Å². The van der Waals surface area contributed by atoms with Crippen molar-refractivity contribution in [3.8, 4) is 5.75 Å². The minimum Gasteiger partial charge on any atom is -0.508 e. The SMILES string of the molecule is N[C@@H](Cc1ccc(O)cc1)C(=O)O[C]=O. The lowest BCUT2D eigenvalue weighted by Gasteiger charge is -2.07. The number of esters is 1. The summed E-state index contributed by atoms with van der Waals surface area (Å²) >= 11 is 0. The molecule has 5 nitrogen and oxygen atoms in total. The van der Waals surface area contributed by atoms with Crippen LogP contribution in [-0.2, 0) is 20.7 Å². The smallest absolute Gasteiger partial charge is 0.425 e. The van der Waals surface area contributed by atoms with Crippen LogP contribution < -0.4 is 5.73 Å². The number of hydrogen-bond donors (Lipinski definition) is 2. The van der Waals surface area contributed by atoms with Crippen LogP contribution in [0.3, 0.4) is 0 Å². The van der Waals surface area contributed by atoms with Crippen molar-refractivity contribution in [2.24, 2.45) is 5.73 Å². The van der Waals surface area contributed by atoms with Gasteiger partial charge in [0.05, 0.1) is 0 Å². The van der Waals surface area contributed by atoms with E-state index >= 15 is 0 Å². The molecule has 0 amide bonds. The van der Waals surface area contributed by atoms with Crippen molar-refractivity contribution in [2.75, 3.05) is 0 Å². The molecule has 0 aliphatic rings. The van der Waals surface area contributed by atoms with Crippen LogP contribution in [0.15, 0.2) is 24.3 Å². The number of aromatic hydroxyl groups is 1. The highest BCUT2D eigenvalue weighted by Gasteiger charge is 2.15. The summed E-state index contributed by atoms with van der Waals surface area (Å²) in [6.07, 6.45) is 0.237. The van der Waals surface area contributed by atoms with E-state index < -0.39 is 12.0 Å². The average Bonchev–Trinajstić information content (AvgIpc) is 2.22. The first-order valence-electron chi connectivity index (χ1n) is 4.25. The molecule has 1 atom stereocenters. The van der Waals surface area contributed by atoms with Gasteiger partial charge in [-0.25, -0.2) is 9.59 Å². The van der Waals surface area contributed by atoms with Gasteiger partial charge in [0.1, 0.15) is 11.8 Å². The van der Waals surface area contributed by atoms with Crippen molar-refractivity contribution in [3.63, 3.8) is 0 Å². The predicted molar refractivity (Wildman–Crippen MR) is 51.6 cm³/mol. The number of benzene rings is 1. The van der Waals surface area contributed by atoms with Gasteiger partial charge >= 0.3 is 12.4 Å². The standard InChI is InChI=1S/C10H10NO4/c11-9(10(14)15-6-12)5-7-1-3-8(13)4-2-7/h1-4,9,13H,5,11H2/t9-/m0/s1. The second kappa shape index (κ2) is 5.11. The number of carbonyl (C=O) groups excluding carboxylic acids is 2. The van der Waals surface area contributed by atoms with E-state index in [1.807, 2.05) is 0 Å². The normalized spacial score (nSPS) is 11.8. The molecule has 15 heavy (non-hydrogen) atoms. The molecule has 0 bridgehead atoms. The zero-order valence-electron chi connectivity index (χ0n) is 7.84. The van der Waals surface area contributed by atoms with Gasteiger partial charge in [-0.2, -0.15) is 0 Å². The summed E-state index contributed by atoms with van der Waals surface area (Å²) in [5, 5.41) is 9.01. The number of rotatable bonds is 4. The molecule has 0 aliphatic heterocycles. The Morgan fingerprint density at radius 3 is 2.60 bits per heavy atom. The van der Waals surface area contributed by atoms with Crippen molar-refractivity contribution < 1.29 is 19.4 Å². The molecule has 1 aromatic rings. The Morgan fingerprint density at radius 2 is 2.07 bits per heavy atom. The molecule has 0 saturated carbocycles. The van der Waals surface area contributed by atoms with Gasteiger partial charge < -0.3 is 15.6 Å². The third kappa shape index (κ3) is 3.40. The maximum absolute atomic E-state index is 11.0. The second-order valence-electron chi connectivity index (χ2n) is 2.98. The van der Waals surface area contributed by atoms with E-state index in [1.54, 1.807) is 12.1 Å². The van der Waals surface area contributed by atoms with Gasteiger partial charge in [0.15, 0.2) is 0 Å². The fraction of sp³-hybridized carbons (Fsp3) is 0.200. The van der Waals surface area contributed by atoms with Crippen molar-refractivity contribution >= 4 is 12.4 Å². The molecule has 5 heteroatoms. The Labute approximate surface area is 86.5 Å². The van der Waals surface area contributed by atoms with Crippen molar-refractivity contribution in [3.05, 3.63) is 29.8 Å². The zero-order chi connectivity index (χ0) is 11.3. The fourth-order valence-electron chi connectivity index (χ4n) is 1.09. The Morgan fingerprint density at radius 1 is 1.47 bits per heavy atom. The van der Waals surface area contributed by atoms with Crippen molar-refractivity contribution in [1.29, 1.82) is 0 Å². The molecule has 0 unspecified atom stereocenters. The molecule has 79 valence electrons. The van der Waals surface area contributed by atoms with Gasteiger partial charge in [-0.15, -0.1) is 0 Å². The number of hydrogen-bond acceptors (Lipinski definition) is 5. The lowest BCUT2D eigenvalue weighted by Crippen LogP contribution is -2.34. The maximum Gasteiger partial charge on any atom is 0.425 e.